The van der Waals surface area contributed by atoms with Gasteiger partial charge < -0.3 is 5.73 Å². The second kappa shape index (κ2) is 5.08. The second-order valence-electron chi connectivity index (χ2n) is 4.27. The van der Waals surface area contributed by atoms with Crippen LogP contribution in [0.3, 0.4) is 0 Å². The largest absolute Gasteiger partial charge is 0.416 e. The molecule has 4 heteroatoms. The molecule has 17 heavy (non-hydrogen) atoms. The van der Waals surface area contributed by atoms with E-state index < -0.39 is 11.7 Å². The maximum atomic E-state index is 12.6. The molecule has 2 N–H and O–H groups in total. The highest BCUT2D eigenvalue weighted by Crippen LogP contribution is 2.35. The highest BCUT2D eigenvalue weighted by Gasteiger charge is 2.33. The van der Waals surface area contributed by atoms with Gasteiger partial charge in [-0.1, -0.05) is 32.0 Å². The number of benzene rings is 1. The first-order valence-corrected chi connectivity index (χ1v) is 5.77. The molecule has 0 bridgehead atoms. The van der Waals surface area contributed by atoms with Gasteiger partial charge in [0.2, 0.25) is 0 Å². The Labute approximate surface area is 99.8 Å². The molecule has 0 saturated carbocycles. The van der Waals surface area contributed by atoms with Crippen molar-refractivity contribution in [3.8, 4) is 0 Å². The van der Waals surface area contributed by atoms with E-state index >= 15 is 0 Å². The minimum atomic E-state index is -4.29. The van der Waals surface area contributed by atoms with Gasteiger partial charge in [-0.25, -0.2) is 0 Å². The summed E-state index contributed by atoms with van der Waals surface area (Å²) < 4.78 is 37.9. The Bertz CT molecular complexity index is 359. The van der Waals surface area contributed by atoms with Crippen LogP contribution in [0.1, 0.15) is 37.8 Å². The molecule has 96 valence electrons. The maximum Gasteiger partial charge on any atom is 0.416 e. The van der Waals surface area contributed by atoms with Gasteiger partial charge >= 0.3 is 6.18 Å². The fourth-order valence-corrected chi connectivity index (χ4v) is 2.09. The predicted molar refractivity (Wildman–Crippen MR) is 62.8 cm³/mol. The molecule has 1 aromatic rings. The predicted octanol–water partition coefficient (Wildman–Crippen LogP) is 3.72. The van der Waals surface area contributed by atoms with Gasteiger partial charge in [-0.15, -0.1) is 0 Å². The number of hydrogen-bond donors (Lipinski definition) is 1. The number of nitrogens with two attached hydrogens (primary N) is 1. The van der Waals surface area contributed by atoms with E-state index in [2.05, 4.69) is 0 Å². The van der Waals surface area contributed by atoms with Crippen molar-refractivity contribution in [3.05, 3.63) is 35.4 Å². The Morgan fingerprint density at radius 1 is 1.06 bits per heavy atom. The average molecular weight is 245 g/mol. The first-order valence-electron chi connectivity index (χ1n) is 5.77. The Hall–Kier alpha value is -1.03. The molecule has 0 radical (unpaired) electrons. The molecule has 1 nitrogen and oxygen atoms in total. The number of alkyl halides is 3. The monoisotopic (exact) mass is 245 g/mol. The second-order valence-corrected chi connectivity index (χ2v) is 4.27. The van der Waals surface area contributed by atoms with Crippen LogP contribution in [-0.4, -0.2) is 6.54 Å². The molecule has 0 heterocycles. The van der Waals surface area contributed by atoms with Crippen LogP contribution >= 0.6 is 0 Å². The lowest BCUT2D eigenvalue weighted by Crippen LogP contribution is -2.34. The lowest BCUT2D eigenvalue weighted by Gasteiger charge is -2.31. The summed E-state index contributed by atoms with van der Waals surface area (Å²) in [6.07, 6.45) is -2.82. The van der Waals surface area contributed by atoms with Crippen LogP contribution in [0.25, 0.3) is 0 Å². The van der Waals surface area contributed by atoms with Gasteiger partial charge in [-0.2, -0.15) is 13.2 Å². The van der Waals surface area contributed by atoms with Gasteiger partial charge in [-0.3, -0.25) is 0 Å². The molecule has 0 unspecified atom stereocenters. The summed E-state index contributed by atoms with van der Waals surface area (Å²) in [4.78, 5) is 0. The van der Waals surface area contributed by atoms with Crippen molar-refractivity contribution in [2.24, 2.45) is 5.73 Å². The summed E-state index contributed by atoms with van der Waals surface area (Å²) in [5, 5.41) is 0. The van der Waals surface area contributed by atoms with Crippen molar-refractivity contribution in [1.29, 1.82) is 0 Å². The van der Waals surface area contributed by atoms with Crippen LogP contribution < -0.4 is 5.73 Å². The number of halogens is 3. The van der Waals surface area contributed by atoms with E-state index in [-0.39, 0.29) is 5.41 Å². The van der Waals surface area contributed by atoms with Crippen molar-refractivity contribution < 1.29 is 13.2 Å². The fraction of sp³-hybridized carbons (Fsp3) is 0.538. The minimum absolute atomic E-state index is 0.346. The van der Waals surface area contributed by atoms with Crippen LogP contribution in [0.4, 0.5) is 13.2 Å². The zero-order valence-electron chi connectivity index (χ0n) is 10.1. The number of hydrogen-bond acceptors (Lipinski definition) is 1. The Morgan fingerprint density at radius 2 is 1.59 bits per heavy atom. The van der Waals surface area contributed by atoms with Crippen molar-refractivity contribution in [1.82, 2.24) is 0 Å². The van der Waals surface area contributed by atoms with E-state index in [1.165, 1.54) is 12.1 Å². The smallest absolute Gasteiger partial charge is 0.330 e. The fourth-order valence-electron chi connectivity index (χ4n) is 2.09. The maximum absolute atomic E-state index is 12.6. The Morgan fingerprint density at radius 3 is 2.00 bits per heavy atom. The van der Waals surface area contributed by atoms with Gasteiger partial charge in [0.25, 0.3) is 0 Å². The summed E-state index contributed by atoms with van der Waals surface area (Å²) in [5.41, 5.74) is 5.47. The van der Waals surface area contributed by atoms with Crippen molar-refractivity contribution in [2.45, 2.75) is 38.3 Å². The van der Waals surface area contributed by atoms with E-state index in [4.69, 9.17) is 5.73 Å². The first kappa shape index (κ1) is 14.0. The van der Waals surface area contributed by atoms with Gasteiger partial charge in [0.15, 0.2) is 0 Å². The lowest BCUT2D eigenvalue weighted by molar-refractivity contribution is -0.137. The molecule has 0 spiro atoms. The van der Waals surface area contributed by atoms with E-state index in [0.29, 0.717) is 12.1 Å². The molecular formula is C13H18F3N. The van der Waals surface area contributed by atoms with E-state index in [1.807, 2.05) is 13.8 Å². The van der Waals surface area contributed by atoms with E-state index in [0.717, 1.165) is 18.9 Å². The normalized spacial score (nSPS) is 12.8. The zero-order chi connectivity index (χ0) is 13.1. The summed E-state index contributed by atoms with van der Waals surface area (Å²) in [7, 11) is 0. The van der Waals surface area contributed by atoms with E-state index in [1.54, 1.807) is 6.07 Å². The summed E-state index contributed by atoms with van der Waals surface area (Å²) >= 11 is 0. The summed E-state index contributed by atoms with van der Waals surface area (Å²) in [6.45, 7) is 4.27. The summed E-state index contributed by atoms with van der Waals surface area (Å²) in [5.74, 6) is 0. The SMILES string of the molecule is CCC(CC)(CN)c1cccc(C(F)(F)F)c1. The van der Waals surface area contributed by atoms with E-state index in [9.17, 15) is 13.2 Å². The molecular weight excluding hydrogens is 227 g/mol. The molecule has 0 aliphatic rings. The molecule has 1 aromatic carbocycles. The van der Waals surface area contributed by atoms with Crippen LogP contribution in [0.5, 0.6) is 0 Å². The topological polar surface area (TPSA) is 26.0 Å². The van der Waals surface area contributed by atoms with Gasteiger partial charge in [-0.05, 0) is 24.5 Å². The van der Waals surface area contributed by atoms with Gasteiger partial charge in [0, 0.05) is 12.0 Å². The average Bonchev–Trinajstić information content (AvgIpc) is 2.31. The molecule has 0 saturated heterocycles. The van der Waals surface area contributed by atoms with Crippen LogP contribution in [-0.2, 0) is 11.6 Å². The zero-order valence-corrected chi connectivity index (χ0v) is 10.1. The molecule has 0 atom stereocenters. The van der Waals surface area contributed by atoms with Crippen LogP contribution in [0.2, 0.25) is 0 Å². The molecule has 0 aliphatic carbocycles. The molecule has 0 fully saturated rings. The minimum Gasteiger partial charge on any atom is -0.330 e. The third-order valence-corrected chi connectivity index (χ3v) is 3.55. The third-order valence-electron chi connectivity index (χ3n) is 3.55. The lowest BCUT2D eigenvalue weighted by atomic mass is 9.75. The molecule has 0 amide bonds. The molecule has 0 aliphatic heterocycles. The van der Waals surface area contributed by atoms with Gasteiger partial charge in [0.1, 0.15) is 0 Å². The molecule has 1 rings (SSSR count). The third kappa shape index (κ3) is 2.80. The van der Waals surface area contributed by atoms with Gasteiger partial charge in [0.05, 0.1) is 5.56 Å². The van der Waals surface area contributed by atoms with Crippen molar-refractivity contribution >= 4 is 0 Å². The van der Waals surface area contributed by atoms with Crippen molar-refractivity contribution in [2.75, 3.05) is 6.54 Å². The van der Waals surface area contributed by atoms with Crippen LogP contribution in [0.15, 0.2) is 24.3 Å². The summed E-state index contributed by atoms with van der Waals surface area (Å²) in [6, 6.07) is 5.50. The Kier molecular flexibility index (Phi) is 4.20. The first-order chi connectivity index (χ1) is 7.89. The highest BCUT2D eigenvalue weighted by molar-refractivity contribution is 5.32. The van der Waals surface area contributed by atoms with Crippen LogP contribution in [0, 0.1) is 0 Å². The Balaban J connectivity index is 3.23. The number of rotatable bonds is 4. The standard InChI is InChI=1S/C13H18F3N/c1-3-12(4-2,9-17)10-6-5-7-11(8-10)13(14,15)16/h5-8H,3-4,9,17H2,1-2H3. The highest BCUT2D eigenvalue weighted by atomic mass is 19.4. The molecule has 0 aromatic heterocycles. The van der Waals surface area contributed by atoms with Crippen molar-refractivity contribution in [3.63, 3.8) is 0 Å². The quantitative estimate of drug-likeness (QED) is 0.859.